The molecule has 2 N–H and O–H groups in total. The maximum Gasteiger partial charge on any atom is 0.0116 e. The molecule has 0 radical (unpaired) electrons. The third-order valence-corrected chi connectivity index (χ3v) is 4.43. The number of hydrogen-bond donors (Lipinski definition) is 1. The number of rotatable bonds is 3. The number of piperidine rings is 2. The van der Waals surface area contributed by atoms with E-state index in [2.05, 4.69) is 18.7 Å². The van der Waals surface area contributed by atoms with Crippen molar-refractivity contribution in [1.82, 2.24) is 4.90 Å². The quantitative estimate of drug-likeness (QED) is 0.775. The molecule has 2 heteroatoms. The summed E-state index contributed by atoms with van der Waals surface area (Å²) in [5, 5.41) is 0. The highest BCUT2D eigenvalue weighted by Crippen LogP contribution is 2.36. The standard InChI is InChI=1S/C13H26N2/c1-3-11(4-2)15-12-6-5-7-13(15)9-10(14)8-12/h10-13H,3-9,14H2,1-2H3. The molecule has 0 aromatic heterocycles. The summed E-state index contributed by atoms with van der Waals surface area (Å²) < 4.78 is 0. The van der Waals surface area contributed by atoms with E-state index in [1.165, 1.54) is 44.9 Å². The molecule has 0 aliphatic carbocycles. The molecule has 2 nitrogen and oxygen atoms in total. The van der Waals surface area contributed by atoms with Crippen LogP contribution in [0.4, 0.5) is 0 Å². The first kappa shape index (κ1) is 11.4. The molecule has 2 atom stereocenters. The van der Waals surface area contributed by atoms with Crippen molar-refractivity contribution in [1.29, 1.82) is 0 Å². The Balaban J connectivity index is 2.09. The van der Waals surface area contributed by atoms with Gasteiger partial charge >= 0.3 is 0 Å². The summed E-state index contributed by atoms with van der Waals surface area (Å²) >= 11 is 0. The molecule has 2 rings (SSSR count). The van der Waals surface area contributed by atoms with Gasteiger partial charge in [0.25, 0.3) is 0 Å². The molecule has 2 unspecified atom stereocenters. The molecule has 2 saturated heterocycles. The summed E-state index contributed by atoms with van der Waals surface area (Å²) in [5.41, 5.74) is 6.14. The van der Waals surface area contributed by atoms with Gasteiger partial charge in [0.15, 0.2) is 0 Å². The zero-order valence-electron chi connectivity index (χ0n) is 10.3. The van der Waals surface area contributed by atoms with Crippen LogP contribution in [-0.4, -0.2) is 29.1 Å². The minimum atomic E-state index is 0.478. The van der Waals surface area contributed by atoms with Gasteiger partial charge in [-0.15, -0.1) is 0 Å². The zero-order valence-corrected chi connectivity index (χ0v) is 10.3. The number of nitrogens with zero attached hydrogens (tertiary/aromatic N) is 1. The largest absolute Gasteiger partial charge is 0.328 e. The lowest BCUT2D eigenvalue weighted by atomic mass is 9.80. The average molecular weight is 210 g/mol. The topological polar surface area (TPSA) is 29.3 Å². The molecule has 2 aliphatic rings. The highest BCUT2D eigenvalue weighted by molar-refractivity contribution is 4.96. The van der Waals surface area contributed by atoms with Gasteiger partial charge < -0.3 is 5.73 Å². The first-order valence-electron chi connectivity index (χ1n) is 6.79. The van der Waals surface area contributed by atoms with Crippen LogP contribution < -0.4 is 5.73 Å². The van der Waals surface area contributed by atoms with Crippen molar-refractivity contribution in [3.63, 3.8) is 0 Å². The van der Waals surface area contributed by atoms with Gasteiger partial charge in [-0.05, 0) is 38.5 Å². The van der Waals surface area contributed by atoms with E-state index in [1.807, 2.05) is 0 Å². The Morgan fingerprint density at radius 1 is 1.13 bits per heavy atom. The average Bonchev–Trinajstić information content (AvgIpc) is 2.20. The fourth-order valence-corrected chi connectivity index (χ4v) is 3.77. The highest BCUT2D eigenvalue weighted by atomic mass is 15.2. The van der Waals surface area contributed by atoms with Crippen LogP contribution in [0.1, 0.15) is 58.8 Å². The molecule has 2 aliphatic heterocycles. The molecule has 88 valence electrons. The molecule has 2 heterocycles. The summed E-state index contributed by atoms with van der Waals surface area (Å²) in [6, 6.07) is 2.90. The second-order valence-electron chi connectivity index (χ2n) is 5.39. The molecule has 2 bridgehead atoms. The fourth-order valence-electron chi connectivity index (χ4n) is 3.77. The minimum Gasteiger partial charge on any atom is -0.328 e. The zero-order chi connectivity index (χ0) is 10.8. The van der Waals surface area contributed by atoms with E-state index in [0.29, 0.717) is 6.04 Å². The van der Waals surface area contributed by atoms with Gasteiger partial charge in [0.05, 0.1) is 0 Å². The van der Waals surface area contributed by atoms with Crippen LogP contribution in [-0.2, 0) is 0 Å². The highest BCUT2D eigenvalue weighted by Gasteiger charge is 2.39. The van der Waals surface area contributed by atoms with Gasteiger partial charge in [0.2, 0.25) is 0 Å². The lowest BCUT2D eigenvalue weighted by Crippen LogP contribution is -2.58. The Morgan fingerprint density at radius 2 is 1.67 bits per heavy atom. The maximum absolute atomic E-state index is 6.14. The normalized spacial score (nSPS) is 37.2. The Bertz CT molecular complexity index is 187. The predicted octanol–water partition coefficient (Wildman–Crippen LogP) is 2.52. The second kappa shape index (κ2) is 4.84. The van der Waals surface area contributed by atoms with Crippen LogP contribution in [0, 0.1) is 0 Å². The summed E-state index contributed by atoms with van der Waals surface area (Å²) in [4.78, 5) is 2.83. The van der Waals surface area contributed by atoms with E-state index in [4.69, 9.17) is 5.73 Å². The molecule has 15 heavy (non-hydrogen) atoms. The van der Waals surface area contributed by atoms with E-state index in [-0.39, 0.29) is 0 Å². The molecule has 0 saturated carbocycles. The number of fused-ring (bicyclic) bond motifs is 2. The molecule has 0 aromatic carbocycles. The van der Waals surface area contributed by atoms with Crippen LogP contribution in [0.15, 0.2) is 0 Å². The van der Waals surface area contributed by atoms with Crippen LogP contribution in [0.25, 0.3) is 0 Å². The monoisotopic (exact) mass is 210 g/mol. The molecule has 0 amide bonds. The van der Waals surface area contributed by atoms with Crippen molar-refractivity contribution in [2.45, 2.75) is 83.0 Å². The lowest BCUT2D eigenvalue weighted by Gasteiger charge is -2.51. The van der Waals surface area contributed by atoms with Crippen LogP contribution in [0.2, 0.25) is 0 Å². The summed E-state index contributed by atoms with van der Waals surface area (Å²) in [6.07, 6.45) is 9.30. The summed E-state index contributed by atoms with van der Waals surface area (Å²) in [5.74, 6) is 0. The molecule has 0 aromatic rings. The Labute approximate surface area is 94.2 Å². The molecule has 2 fully saturated rings. The Hall–Kier alpha value is -0.0800. The maximum atomic E-state index is 6.14. The first-order valence-corrected chi connectivity index (χ1v) is 6.79. The molecule has 0 spiro atoms. The van der Waals surface area contributed by atoms with Gasteiger partial charge in [-0.2, -0.15) is 0 Å². The van der Waals surface area contributed by atoms with Crippen LogP contribution in [0.5, 0.6) is 0 Å². The van der Waals surface area contributed by atoms with Gasteiger partial charge in [0.1, 0.15) is 0 Å². The van der Waals surface area contributed by atoms with E-state index in [9.17, 15) is 0 Å². The first-order chi connectivity index (χ1) is 7.26. The van der Waals surface area contributed by atoms with Gasteiger partial charge in [0, 0.05) is 24.2 Å². The van der Waals surface area contributed by atoms with Gasteiger partial charge in [-0.25, -0.2) is 0 Å². The Morgan fingerprint density at radius 3 is 2.13 bits per heavy atom. The second-order valence-corrected chi connectivity index (χ2v) is 5.39. The summed E-state index contributed by atoms with van der Waals surface area (Å²) in [6.45, 7) is 4.66. The Kier molecular flexibility index (Phi) is 3.68. The van der Waals surface area contributed by atoms with E-state index < -0.39 is 0 Å². The molecular weight excluding hydrogens is 184 g/mol. The van der Waals surface area contributed by atoms with Gasteiger partial charge in [-0.1, -0.05) is 20.3 Å². The smallest absolute Gasteiger partial charge is 0.0116 e. The summed E-state index contributed by atoms with van der Waals surface area (Å²) in [7, 11) is 0. The number of hydrogen-bond acceptors (Lipinski definition) is 2. The predicted molar refractivity (Wildman–Crippen MR) is 64.8 cm³/mol. The van der Waals surface area contributed by atoms with Crippen molar-refractivity contribution in [3.8, 4) is 0 Å². The number of nitrogens with two attached hydrogens (primary N) is 1. The SMILES string of the molecule is CCC(CC)N1C2CCCC1CC(N)C2. The minimum absolute atomic E-state index is 0.478. The van der Waals surface area contributed by atoms with Crippen LogP contribution in [0.3, 0.4) is 0 Å². The van der Waals surface area contributed by atoms with Crippen molar-refractivity contribution in [2.24, 2.45) is 5.73 Å². The van der Waals surface area contributed by atoms with E-state index >= 15 is 0 Å². The van der Waals surface area contributed by atoms with Crippen molar-refractivity contribution in [3.05, 3.63) is 0 Å². The fraction of sp³-hybridized carbons (Fsp3) is 1.00. The van der Waals surface area contributed by atoms with Crippen molar-refractivity contribution >= 4 is 0 Å². The third-order valence-electron chi connectivity index (χ3n) is 4.43. The lowest BCUT2D eigenvalue weighted by molar-refractivity contribution is -0.00791. The van der Waals surface area contributed by atoms with Crippen LogP contribution >= 0.6 is 0 Å². The van der Waals surface area contributed by atoms with Crippen molar-refractivity contribution in [2.75, 3.05) is 0 Å². The van der Waals surface area contributed by atoms with E-state index in [1.54, 1.807) is 0 Å². The van der Waals surface area contributed by atoms with Gasteiger partial charge in [-0.3, -0.25) is 4.90 Å². The third kappa shape index (κ3) is 2.21. The van der Waals surface area contributed by atoms with Crippen molar-refractivity contribution < 1.29 is 0 Å². The van der Waals surface area contributed by atoms with E-state index in [0.717, 1.165) is 18.1 Å². The molecular formula is C13H26N2.